The van der Waals surface area contributed by atoms with Gasteiger partial charge in [-0.05, 0) is 26.0 Å². The minimum Gasteiger partial charge on any atom is -0.361 e. The minimum absolute atomic E-state index is 0.0801. The van der Waals surface area contributed by atoms with Gasteiger partial charge in [0.25, 0.3) is 10.0 Å². The fourth-order valence-electron chi connectivity index (χ4n) is 2.79. The zero-order chi connectivity index (χ0) is 18.7. The number of hydrogen-bond acceptors (Lipinski definition) is 6. The topological polar surface area (TPSA) is 95.8 Å². The van der Waals surface area contributed by atoms with Gasteiger partial charge in [0.15, 0.2) is 0 Å². The van der Waals surface area contributed by atoms with Gasteiger partial charge in [-0.1, -0.05) is 22.9 Å². The van der Waals surface area contributed by atoms with Crippen molar-refractivity contribution in [3.05, 3.63) is 47.3 Å². The molecule has 2 amide bonds. The number of amides is 2. The Morgan fingerprint density at radius 1 is 1.15 bits per heavy atom. The Hall–Kier alpha value is -2.39. The molecule has 1 aromatic heterocycles. The Bertz CT molecular complexity index is 868. The number of benzene rings is 1. The summed E-state index contributed by atoms with van der Waals surface area (Å²) in [4.78, 5) is 16.1. The van der Waals surface area contributed by atoms with E-state index in [1.54, 1.807) is 12.1 Å². The maximum absolute atomic E-state index is 12.3. The lowest BCUT2D eigenvalue weighted by atomic mass is 10.2. The molecule has 0 spiro atoms. The van der Waals surface area contributed by atoms with Crippen molar-refractivity contribution in [1.29, 1.82) is 0 Å². The zero-order valence-corrected chi connectivity index (χ0v) is 15.6. The number of piperazine rings is 1. The Morgan fingerprint density at radius 2 is 1.81 bits per heavy atom. The number of sulfonamides is 1. The summed E-state index contributed by atoms with van der Waals surface area (Å²) in [6.07, 6.45) is 0. The quantitative estimate of drug-likeness (QED) is 0.866. The van der Waals surface area contributed by atoms with E-state index in [0.29, 0.717) is 32.7 Å². The molecule has 2 heterocycles. The minimum atomic E-state index is -3.86. The van der Waals surface area contributed by atoms with E-state index in [4.69, 9.17) is 4.52 Å². The second-order valence-corrected chi connectivity index (χ2v) is 8.10. The Balaban J connectivity index is 1.54. The van der Waals surface area contributed by atoms with Crippen LogP contribution in [0.5, 0.6) is 0 Å². The van der Waals surface area contributed by atoms with Crippen LogP contribution in [0.25, 0.3) is 0 Å². The molecule has 0 saturated carbocycles. The van der Waals surface area contributed by atoms with Gasteiger partial charge in [-0.3, -0.25) is 4.90 Å². The first-order valence-corrected chi connectivity index (χ1v) is 9.85. The molecule has 8 nitrogen and oxygen atoms in total. The number of hydrogen-bond donors (Lipinski definition) is 1. The monoisotopic (exact) mass is 378 g/mol. The van der Waals surface area contributed by atoms with Crippen LogP contribution < -0.4 is 4.72 Å². The Morgan fingerprint density at radius 3 is 2.38 bits per heavy atom. The molecule has 1 N–H and O–H groups in total. The lowest BCUT2D eigenvalue weighted by Crippen LogP contribution is -2.52. The van der Waals surface area contributed by atoms with E-state index in [-0.39, 0.29) is 4.90 Å². The van der Waals surface area contributed by atoms with Crippen molar-refractivity contribution in [1.82, 2.24) is 19.7 Å². The molecule has 0 bridgehead atoms. The van der Waals surface area contributed by atoms with Crippen molar-refractivity contribution in [3.8, 4) is 0 Å². The SMILES string of the molecule is Cc1ccc(S(=O)(=O)NC(=O)N2CCN(Cc3cc(C)on3)CC2)cc1. The molecule has 3 rings (SSSR count). The summed E-state index contributed by atoms with van der Waals surface area (Å²) in [5, 5.41) is 3.96. The maximum Gasteiger partial charge on any atom is 0.331 e. The highest BCUT2D eigenvalue weighted by atomic mass is 32.2. The van der Waals surface area contributed by atoms with Gasteiger partial charge in [0.1, 0.15) is 5.76 Å². The molecule has 1 aromatic carbocycles. The average molecular weight is 378 g/mol. The molecular formula is C17H22N4O4S. The van der Waals surface area contributed by atoms with Crippen LogP contribution in [0.1, 0.15) is 17.0 Å². The average Bonchev–Trinajstić information content (AvgIpc) is 3.00. The van der Waals surface area contributed by atoms with Crippen LogP contribution in [0.3, 0.4) is 0 Å². The van der Waals surface area contributed by atoms with E-state index in [0.717, 1.165) is 17.0 Å². The molecule has 1 aliphatic rings. The van der Waals surface area contributed by atoms with Gasteiger partial charge in [0.2, 0.25) is 0 Å². The fourth-order valence-corrected chi connectivity index (χ4v) is 3.76. The molecule has 1 saturated heterocycles. The summed E-state index contributed by atoms with van der Waals surface area (Å²) in [6.45, 7) is 6.54. The smallest absolute Gasteiger partial charge is 0.331 e. The molecule has 140 valence electrons. The van der Waals surface area contributed by atoms with Crippen LogP contribution in [0.4, 0.5) is 4.79 Å². The van der Waals surface area contributed by atoms with Gasteiger partial charge >= 0.3 is 6.03 Å². The van der Waals surface area contributed by atoms with Crippen LogP contribution in [0, 0.1) is 13.8 Å². The normalized spacial score (nSPS) is 15.8. The van der Waals surface area contributed by atoms with E-state index in [1.807, 2.05) is 19.9 Å². The third-order valence-corrected chi connectivity index (χ3v) is 5.61. The molecule has 9 heteroatoms. The van der Waals surface area contributed by atoms with Crippen LogP contribution in [0.15, 0.2) is 39.8 Å². The standard InChI is InChI=1S/C17H22N4O4S/c1-13-3-5-16(6-4-13)26(23,24)19-17(22)21-9-7-20(8-10-21)12-15-11-14(2)25-18-15/h3-6,11H,7-10,12H2,1-2H3,(H,19,22). The van der Waals surface area contributed by atoms with E-state index < -0.39 is 16.1 Å². The van der Waals surface area contributed by atoms with E-state index >= 15 is 0 Å². The summed E-state index contributed by atoms with van der Waals surface area (Å²) in [6, 6.07) is 7.66. The number of aryl methyl sites for hydroxylation is 2. The highest BCUT2D eigenvalue weighted by Gasteiger charge is 2.25. The predicted molar refractivity (Wildman–Crippen MR) is 95.0 cm³/mol. The zero-order valence-electron chi connectivity index (χ0n) is 14.8. The Kier molecular flexibility index (Phi) is 5.28. The third-order valence-electron chi connectivity index (χ3n) is 4.27. The van der Waals surface area contributed by atoms with Gasteiger partial charge in [-0.2, -0.15) is 0 Å². The second-order valence-electron chi connectivity index (χ2n) is 6.42. The number of carbonyl (C=O) groups excluding carboxylic acids is 1. The summed E-state index contributed by atoms with van der Waals surface area (Å²) in [7, 11) is -3.86. The predicted octanol–water partition coefficient (Wildman–Crippen LogP) is 1.51. The number of aromatic nitrogens is 1. The van der Waals surface area contributed by atoms with Crippen molar-refractivity contribution < 1.29 is 17.7 Å². The van der Waals surface area contributed by atoms with Gasteiger partial charge in [0, 0.05) is 38.8 Å². The highest BCUT2D eigenvalue weighted by molar-refractivity contribution is 7.90. The van der Waals surface area contributed by atoms with Gasteiger partial charge in [-0.15, -0.1) is 0 Å². The van der Waals surface area contributed by atoms with Crippen LogP contribution in [-0.4, -0.2) is 55.6 Å². The van der Waals surface area contributed by atoms with E-state index in [9.17, 15) is 13.2 Å². The van der Waals surface area contributed by atoms with E-state index in [2.05, 4.69) is 14.8 Å². The lowest BCUT2D eigenvalue weighted by molar-refractivity contribution is 0.136. The highest BCUT2D eigenvalue weighted by Crippen LogP contribution is 2.12. The molecule has 0 atom stereocenters. The van der Waals surface area contributed by atoms with Crippen molar-refractivity contribution >= 4 is 16.1 Å². The fraction of sp³-hybridized carbons (Fsp3) is 0.412. The van der Waals surface area contributed by atoms with Gasteiger partial charge < -0.3 is 9.42 Å². The first kappa shape index (κ1) is 18.4. The van der Waals surface area contributed by atoms with Crippen LogP contribution >= 0.6 is 0 Å². The van der Waals surface area contributed by atoms with Gasteiger partial charge in [0.05, 0.1) is 10.6 Å². The molecule has 1 fully saturated rings. The van der Waals surface area contributed by atoms with Crippen LogP contribution in [-0.2, 0) is 16.6 Å². The molecule has 2 aromatic rings. The number of rotatable bonds is 4. The van der Waals surface area contributed by atoms with Crippen molar-refractivity contribution in [2.24, 2.45) is 0 Å². The van der Waals surface area contributed by atoms with Crippen molar-refractivity contribution in [2.75, 3.05) is 26.2 Å². The summed E-state index contributed by atoms with van der Waals surface area (Å²) < 4.78 is 31.8. The first-order chi connectivity index (χ1) is 12.3. The molecule has 26 heavy (non-hydrogen) atoms. The van der Waals surface area contributed by atoms with Crippen LogP contribution in [0.2, 0.25) is 0 Å². The third kappa shape index (κ3) is 4.41. The summed E-state index contributed by atoms with van der Waals surface area (Å²) in [5.41, 5.74) is 1.80. The van der Waals surface area contributed by atoms with Gasteiger partial charge in [-0.25, -0.2) is 17.9 Å². The molecular weight excluding hydrogens is 356 g/mol. The summed E-state index contributed by atoms with van der Waals surface area (Å²) >= 11 is 0. The molecule has 1 aliphatic heterocycles. The first-order valence-electron chi connectivity index (χ1n) is 8.36. The largest absolute Gasteiger partial charge is 0.361 e. The lowest BCUT2D eigenvalue weighted by Gasteiger charge is -2.34. The van der Waals surface area contributed by atoms with Crippen molar-refractivity contribution in [2.45, 2.75) is 25.3 Å². The van der Waals surface area contributed by atoms with E-state index in [1.165, 1.54) is 17.0 Å². The molecule has 0 aliphatic carbocycles. The van der Waals surface area contributed by atoms with Crippen molar-refractivity contribution in [3.63, 3.8) is 0 Å². The number of nitrogens with zero attached hydrogens (tertiary/aromatic N) is 3. The number of carbonyl (C=O) groups is 1. The molecule has 0 unspecified atom stereocenters. The maximum atomic E-state index is 12.3. The Labute approximate surface area is 152 Å². The summed E-state index contributed by atoms with van der Waals surface area (Å²) in [5.74, 6) is 0.763. The number of urea groups is 1. The molecule has 0 radical (unpaired) electrons. The number of nitrogens with one attached hydrogen (secondary N) is 1. The second kappa shape index (κ2) is 7.46.